The van der Waals surface area contributed by atoms with Gasteiger partial charge < -0.3 is 34.1 Å². The van der Waals surface area contributed by atoms with Crippen molar-refractivity contribution in [2.45, 2.75) is 63.2 Å². The van der Waals surface area contributed by atoms with Crippen molar-refractivity contribution in [1.82, 2.24) is 9.55 Å². The number of nitrogens with zero attached hydrogens (tertiary/aromatic N) is 2. The largest absolute Gasteiger partial charge is 0.386 e. The molecular formula is C46H45N3O8. The number of rotatable bonds is 16. The van der Waals surface area contributed by atoms with Gasteiger partial charge in [-0.1, -0.05) is 140 Å². The Morgan fingerprint density at radius 1 is 0.614 bits per heavy atom. The normalized spacial score (nSPS) is 20.7. The zero-order valence-corrected chi connectivity index (χ0v) is 31.3. The van der Waals surface area contributed by atoms with Crippen LogP contribution in [0.5, 0.6) is 0 Å². The van der Waals surface area contributed by atoms with Crippen molar-refractivity contribution >= 4 is 11.7 Å². The molecule has 292 valence electrons. The Bertz CT molecular complexity index is 2180. The van der Waals surface area contributed by atoms with Crippen LogP contribution in [-0.4, -0.2) is 57.7 Å². The standard InChI is InChI=1S/C46H45N3O8/c50-40-42(55-30-35-20-10-3-11-21-35)43(56-31-36-22-12-4-13-23-36)41(54-29-34-18-8-2-9-19-34)38(32-53-28-33-16-6-1-7-17-33)57-45(40)49-27-26-39(48-46(49)52)47-44(51)37-24-14-5-15-25-37/h1-27,38,40-43,45,50H,28-32H2,(H,47,48,51,52)/t38-,40-,41-,42+,43+,45-/m1/s1. The van der Waals surface area contributed by atoms with Crippen LogP contribution in [0.1, 0.15) is 38.8 Å². The van der Waals surface area contributed by atoms with Crippen molar-refractivity contribution in [3.8, 4) is 0 Å². The molecule has 0 bridgehead atoms. The molecule has 2 N–H and O–H groups in total. The average molecular weight is 768 g/mol. The number of aromatic nitrogens is 2. The molecule has 11 heteroatoms. The third-order valence-corrected chi connectivity index (χ3v) is 9.59. The van der Waals surface area contributed by atoms with Gasteiger partial charge in [0.25, 0.3) is 5.91 Å². The van der Waals surface area contributed by atoms with Crippen molar-refractivity contribution in [3.63, 3.8) is 0 Å². The summed E-state index contributed by atoms with van der Waals surface area (Å²) in [5, 5.41) is 15.1. The van der Waals surface area contributed by atoms with E-state index in [1.54, 1.807) is 30.3 Å². The number of aliphatic hydroxyl groups is 1. The number of ether oxygens (including phenoxy) is 5. The first-order valence-electron chi connectivity index (χ1n) is 18.9. The van der Waals surface area contributed by atoms with E-state index in [0.29, 0.717) is 5.56 Å². The van der Waals surface area contributed by atoms with E-state index < -0.39 is 48.3 Å². The van der Waals surface area contributed by atoms with Gasteiger partial charge in [-0.2, -0.15) is 4.98 Å². The van der Waals surface area contributed by atoms with Crippen LogP contribution in [0.2, 0.25) is 0 Å². The third kappa shape index (κ3) is 10.7. The van der Waals surface area contributed by atoms with Crippen LogP contribution in [0, 0.1) is 0 Å². The minimum absolute atomic E-state index is 0.0154. The summed E-state index contributed by atoms with van der Waals surface area (Å²) in [6.07, 6.45) is -5.11. The Labute approximate surface area is 331 Å². The molecule has 1 aliphatic rings. The second-order valence-corrected chi connectivity index (χ2v) is 13.7. The van der Waals surface area contributed by atoms with Crippen LogP contribution in [0.15, 0.2) is 169 Å². The first-order valence-corrected chi connectivity index (χ1v) is 18.9. The number of nitrogens with one attached hydrogen (secondary N) is 1. The van der Waals surface area contributed by atoms with Crippen molar-refractivity contribution in [2.24, 2.45) is 0 Å². The Morgan fingerprint density at radius 3 is 1.58 bits per heavy atom. The van der Waals surface area contributed by atoms with Crippen molar-refractivity contribution in [1.29, 1.82) is 0 Å². The lowest BCUT2D eigenvalue weighted by atomic mass is 9.99. The number of amides is 1. The zero-order chi connectivity index (χ0) is 39.2. The molecule has 0 radical (unpaired) electrons. The summed E-state index contributed by atoms with van der Waals surface area (Å²) in [5.74, 6) is -0.381. The van der Waals surface area contributed by atoms with E-state index in [1.165, 1.54) is 16.8 Å². The second kappa shape index (κ2) is 19.9. The summed E-state index contributed by atoms with van der Waals surface area (Å²) in [6.45, 7) is 0.785. The molecule has 0 unspecified atom stereocenters. The quantitative estimate of drug-likeness (QED) is 0.110. The van der Waals surface area contributed by atoms with Crippen LogP contribution in [0.25, 0.3) is 0 Å². The van der Waals surface area contributed by atoms with E-state index in [1.807, 2.05) is 121 Å². The molecule has 11 nitrogen and oxygen atoms in total. The summed E-state index contributed by atoms with van der Waals surface area (Å²) >= 11 is 0. The number of anilines is 1. The maximum Gasteiger partial charge on any atom is 0.351 e. The fourth-order valence-corrected chi connectivity index (χ4v) is 6.66. The minimum atomic E-state index is -1.47. The van der Waals surface area contributed by atoms with Gasteiger partial charge in [0.1, 0.15) is 36.3 Å². The fraction of sp³-hybridized carbons (Fsp3) is 0.239. The average Bonchev–Trinajstić information content (AvgIpc) is 3.36. The molecule has 1 amide bonds. The van der Waals surface area contributed by atoms with Gasteiger partial charge in [-0.15, -0.1) is 0 Å². The number of hydrogen-bond donors (Lipinski definition) is 2. The van der Waals surface area contributed by atoms with Gasteiger partial charge in [0.15, 0.2) is 6.23 Å². The highest BCUT2D eigenvalue weighted by atomic mass is 16.6. The molecule has 1 aliphatic heterocycles. The molecule has 1 saturated heterocycles. The van der Waals surface area contributed by atoms with Crippen LogP contribution < -0.4 is 11.0 Å². The van der Waals surface area contributed by atoms with Gasteiger partial charge in [-0.25, -0.2) is 4.79 Å². The highest BCUT2D eigenvalue weighted by molar-refractivity contribution is 6.03. The lowest BCUT2D eigenvalue weighted by Crippen LogP contribution is -2.51. The fourth-order valence-electron chi connectivity index (χ4n) is 6.66. The Balaban J connectivity index is 1.26. The predicted octanol–water partition coefficient (Wildman–Crippen LogP) is 6.73. The van der Waals surface area contributed by atoms with Crippen molar-refractivity contribution in [2.75, 3.05) is 11.9 Å². The highest BCUT2D eigenvalue weighted by Gasteiger charge is 2.49. The smallest absolute Gasteiger partial charge is 0.351 e. The Morgan fingerprint density at radius 2 is 1.07 bits per heavy atom. The van der Waals surface area contributed by atoms with Gasteiger partial charge in [0.05, 0.1) is 33.0 Å². The van der Waals surface area contributed by atoms with Gasteiger partial charge in [0, 0.05) is 11.8 Å². The van der Waals surface area contributed by atoms with E-state index in [0.717, 1.165) is 22.3 Å². The van der Waals surface area contributed by atoms with E-state index >= 15 is 0 Å². The number of hydrogen-bond acceptors (Lipinski definition) is 9. The molecule has 0 aliphatic carbocycles. The molecule has 57 heavy (non-hydrogen) atoms. The Hall–Kier alpha value is -5.79. The van der Waals surface area contributed by atoms with Crippen molar-refractivity contribution in [3.05, 3.63) is 202 Å². The van der Waals surface area contributed by atoms with Gasteiger partial charge in [0.2, 0.25) is 0 Å². The van der Waals surface area contributed by atoms with Crippen LogP contribution >= 0.6 is 0 Å². The van der Waals surface area contributed by atoms with E-state index in [4.69, 9.17) is 23.7 Å². The topological polar surface area (TPSA) is 130 Å². The molecular weight excluding hydrogens is 723 g/mol. The maximum absolute atomic E-state index is 13.9. The molecule has 5 aromatic carbocycles. The van der Waals surface area contributed by atoms with E-state index in [9.17, 15) is 14.7 Å². The van der Waals surface area contributed by atoms with Crippen LogP contribution in [0.4, 0.5) is 5.82 Å². The van der Waals surface area contributed by atoms with Gasteiger partial charge >= 0.3 is 5.69 Å². The SMILES string of the molecule is O=C(Nc1ccn([C@@H]2O[C@H](COCc3ccccc3)[C@@H](OCc3ccccc3)[C@H](OCc3ccccc3)[C@@H](OCc3ccccc3)[C@H]2O)c(=O)n1)c1ccccc1. The molecule has 1 aromatic heterocycles. The van der Waals surface area contributed by atoms with Crippen LogP contribution in [0.3, 0.4) is 0 Å². The molecule has 7 rings (SSSR count). The van der Waals surface area contributed by atoms with E-state index in [-0.39, 0.29) is 38.9 Å². The van der Waals surface area contributed by atoms with E-state index in [2.05, 4.69) is 10.3 Å². The second-order valence-electron chi connectivity index (χ2n) is 13.7. The Kier molecular flexibility index (Phi) is 13.8. The zero-order valence-electron chi connectivity index (χ0n) is 31.3. The molecule has 0 saturated carbocycles. The number of aliphatic hydroxyl groups excluding tert-OH is 1. The monoisotopic (exact) mass is 767 g/mol. The molecule has 1 fully saturated rings. The summed E-state index contributed by atoms with van der Waals surface area (Å²) in [7, 11) is 0. The van der Waals surface area contributed by atoms with Gasteiger partial charge in [-0.05, 0) is 40.5 Å². The lowest BCUT2D eigenvalue weighted by Gasteiger charge is -2.35. The first kappa shape index (κ1) is 39.4. The minimum Gasteiger partial charge on any atom is -0.386 e. The summed E-state index contributed by atoms with van der Waals surface area (Å²) in [5.41, 5.74) is 3.30. The molecule has 6 aromatic rings. The number of benzene rings is 5. The first-order chi connectivity index (χ1) is 28.0. The predicted molar refractivity (Wildman–Crippen MR) is 214 cm³/mol. The van der Waals surface area contributed by atoms with Crippen LogP contribution in [-0.2, 0) is 50.1 Å². The van der Waals surface area contributed by atoms with Gasteiger partial charge in [-0.3, -0.25) is 9.36 Å². The summed E-state index contributed by atoms with van der Waals surface area (Å²) in [6, 6.07) is 48.8. The number of carbonyl (C=O) groups excluding carboxylic acids is 1. The van der Waals surface area contributed by atoms with Crippen molar-refractivity contribution < 1.29 is 33.6 Å². The lowest BCUT2D eigenvalue weighted by molar-refractivity contribution is -0.185. The molecule has 2 heterocycles. The summed E-state index contributed by atoms with van der Waals surface area (Å²) in [4.78, 5) is 30.9. The number of carbonyl (C=O) groups is 1. The third-order valence-electron chi connectivity index (χ3n) is 9.59. The molecule has 6 atom stereocenters. The highest BCUT2D eigenvalue weighted by Crippen LogP contribution is 2.34. The summed E-state index contributed by atoms with van der Waals surface area (Å²) < 4.78 is 34.3. The maximum atomic E-state index is 13.9. The molecule has 0 spiro atoms.